The molecule has 0 aliphatic rings. The van der Waals surface area contributed by atoms with Gasteiger partial charge in [0.2, 0.25) is 5.82 Å². The fourth-order valence-corrected chi connectivity index (χ4v) is 2.53. The Balaban J connectivity index is 1.61. The van der Waals surface area contributed by atoms with E-state index >= 15 is 0 Å². The first-order valence-electron chi connectivity index (χ1n) is 7.79. The van der Waals surface area contributed by atoms with Crippen molar-refractivity contribution in [1.82, 2.24) is 20.3 Å². The van der Waals surface area contributed by atoms with Crippen LogP contribution in [0.25, 0.3) is 34.1 Å². The van der Waals surface area contributed by atoms with Crippen LogP contribution in [0.3, 0.4) is 0 Å². The summed E-state index contributed by atoms with van der Waals surface area (Å²) in [7, 11) is 0. The summed E-state index contributed by atoms with van der Waals surface area (Å²) in [5.74, 6) is 0.160. The molecular weight excluding hydrogens is 361 g/mol. The highest BCUT2D eigenvalue weighted by Crippen LogP contribution is 2.31. The number of hydrogen-bond acceptors (Lipinski definition) is 5. The summed E-state index contributed by atoms with van der Waals surface area (Å²) in [6.07, 6.45) is -3.17. The van der Waals surface area contributed by atoms with Gasteiger partial charge in [-0.05, 0) is 24.3 Å². The van der Waals surface area contributed by atoms with Crippen molar-refractivity contribution in [3.63, 3.8) is 0 Å². The Morgan fingerprint density at radius 2 is 1.67 bits per heavy atom. The van der Waals surface area contributed by atoms with E-state index in [1.807, 2.05) is 30.3 Å². The first-order chi connectivity index (χ1) is 13.0. The third-order valence-electron chi connectivity index (χ3n) is 3.70. The summed E-state index contributed by atoms with van der Waals surface area (Å²) in [6, 6.07) is 14.7. The number of aromatic nitrogens is 4. The lowest BCUT2D eigenvalue weighted by atomic mass is 10.1. The van der Waals surface area contributed by atoms with Crippen LogP contribution in [0, 0.1) is 0 Å². The number of hydrogen-bond donors (Lipinski definition) is 1. The van der Waals surface area contributed by atoms with E-state index in [1.165, 1.54) is 24.3 Å². The van der Waals surface area contributed by atoms with Gasteiger partial charge in [-0.25, -0.2) is 0 Å². The van der Waals surface area contributed by atoms with Crippen LogP contribution >= 0.6 is 0 Å². The Labute approximate surface area is 150 Å². The summed E-state index contributed by atoms with van der Waals surface area (Å²) < 4.78 is 45.8. The summed E-state index contributed by atoms with van der Waals surface area (Å²) in [6.45, 7) is 0. The lowest BCUT2D eigenvalue weighted by molar-refractivity contribution is -0.274. The molecule has 9 heteroatoms. The van der Waals surface area contributed by atoms with Crippen molar-refractivity contribution in [2.75, 3.05) is 0 Å². The predicted molar refractivity (Wildman–Crippen MR) is 89.4 cm³/mol. The number of H-pyrrole nitrogens is 1. The second-order valence-corrected chi connectivity index (χ2v) is 5.52. The van der Waals surface area contributed by atoms with E-state index in [-0.39, 0.29) is 17.5 Å². The van der Waals surface area contributed by atoms with Crippen molar-refractivity contribution in [2.45, 2.75) is 6.36 Å². The molecule has 0 atom stereocenters. The smallest absolute Gasteiger partial charge is 0.406 e. The molecule has 0 spiro atoms. The van der Waals surface area contributed by atoms with Gasteiger partial charge in [-0.3, -0.25) is 5.10 Å². The van der Waals surface area contributed by atoms with Gasteiger partial charge >= 0.3 is 6.36 Å². The van der Waals surface area contributed by atoms with Gasteiger partial charge in [-0.1, -0.05) is 35.5 Å². The SMILES string of the molecule is FC(F)(F)Oc1ccc(-c2noc(-c3cn[nH]c3-c3ccccc3)n2)cc1. The molecule has 4 aromatic rings. The van der Waals surface area contributed by atoms with Crippen molar-refractivity contribution < 1.29 is 22.4 Å². The second kappa shape index (κ2) is 6.60. The molecule has 0 fully saturated rings. The van der Waals surface area contributed by atoms with Crippen LogP contribution in [0.4, 0.5) is 13.2 Å². The van der Waals surface area contributed by atoms with Crippen molar-refractivity contribution >= 4 is 0 Å². The number of benzene rings is 2. The van der Waals surface area contributed by atoms with E-state index in [1.54, 1.807) is 6.20 Å². The van der Waals surface area contributed by atoms with E-state index in [9.17, 15) is 13.2 Å². The molecule has 0 bridgehead atoms. The molecule has 0 saturated carbocycles. The molecule has 2 aromatic carbocycles. The Bertz CT molecular complexity index is 1040. The van der Waals surface area contributed by atoms with Crippen LogP contribution < -0.4 is 4.74 Å². The lowest BCUT2D eigenvalue weighted by Gasteiger charge is -2.08. The average Bonchev–Trinajstić information content (AvgIpc) is 3.31. The number of halogens is 3. The largest absolute Gasteiger partial charge is 0.573 e. The van der Waals surface area contributed by atoms with Crippen molar-refractivity contribution in [1.29, 1.82) is 0 Å². The minimum Gasteiger partial charge on any atom is -0.406 e. The third kappa shape index (κ3) is 3.66. The zero-order valence-electron chi connectivity index (χ0n) is 13.6. The van der Waals surface area contributed by atoms with E-state index in [2.05, 4.69) is 25.1 Å². The Morgan fingerprint density at radius 3 is 2.37 bits per heavy atom. The molecule has 0 radical (unpaired) electrons. The fraction of sp³-hybridized carbons (Fsp3) is 0.0556. The highest BCUT2D eigenvalue weighted by molar-refractivity contribution is 5.76. The maximum Gasteiger partial charge on any atom is 0.573 e. The highest BCUT2D eigenvalue weighted by Gasteiger charge is 2.31. The number of nitrogens with zero attached hydrogens (tertiary/aromatic N) is 3. The van der Waals surface area contributed by atoms with E-state index in [4.69, 9.17) is 4.52 Å². The number of alkyl halides is 3. The minimum absolute atomic E-state index is 0.240. The van der Waals surface area contributed by atoms with Crippen molar-refractivity contribution in [2.24, 2.45) is 0 Å². The molecule has 0 amide bonds. The maximum absolute atomic E-state index is 12.2. The Hall–Kier alpha value is -3.62. The molecule has 1 N–H and O–H groups in total. The van der Waals surface area contributed by atoms with Crippen LogP contribution in [0.1, 0.15) is 0 Å². The minimum atomic E-state index is -4.74. The topological polar surface area (TPSA) is 76.8 Å². The summed E-state index contributed by atoms with van der Waals surface area (Å²) in [5.41, 5.74) is 2.74. The van der Waals surface area contributed by atoms with Crippen molar-refractivity contribution in [3.8, 4) is 39.8 Å². The number of aromatic amines is 1. The van der Waals surface area contributed by atoms with Crippen LogP contribution in [0.5, 0.6) is 5.75 Å². The maximum atomic E-state index is 12.2. The zero-order valence-corrected chi connectivity index (χ0v) is 13.6. The van der Waals surface area contributed by atoms with Crippen LogP contribution in [-0.4, -0.2) is 26.7 Å². The van der Waals surface area contributed by atoms with Crippen LogP contribution in [0.2, 0.25) is 0 Å². The molecule has 4 rings (SSSR count). The quantitative estimate of drug-likeness (QED) is 0.562. The standard InChI is InChI=1S/C18H11F3N4O2/c19-18(20,21)26-13-8-6-12(7-9-13)16-23-17(27-25-16)14-10-22-24-15(14)11-4-2-1-3-5-11/h1-10H,(H,22,24). The molecule has 0 saturated heterocycles. The van der Waals surface area contributed by atoms with Gasteiger partial charge in [0.05, 0.1) is 17.5 Å². The molecule has 2 heterocycles. The normalized spacial score (nSPS) is 11.5. The summed E-state index contributed by atoms with van der Waals surface area (Å²) >= 11 is 0. The molecule has 2 aromatic heterocycles. The average molecular weight is 372 g/mol. The third-order valence-corrected chi connectivity index (χ3v) is 3.70. The first kappa shape index (κ1) is 16.8. The molecule has 27 heavy (non-hydrogen) atoms. The lowest BCUT2D eigenvalue weighted by Crippen LogP contribution is -2.16. The van der Waals surface area contributed by atoms with Crippen molar-refractivity contribution in [3.05, 3.63) is 60.8 Å². The summed E-state index contributed by atoms with van der Waals surface area (Å²) in [4.78, 5) is 4.31. The van der Waals surface area contributed by atoms with Crippen LogP contribution in [-0.2, 0) is 0 Å². The van der Waals surface area contributed by atoms with Gasteiger partial charge in [0.1, 0.15) is 5.75 Å². The molecule has 0 aliphatic carbocycles. The van der Waals surface area contributed by atoms with Gasteiger partial charge in [-0.2, -0.15) is 10.1 Å². The first-order valence-corrected chi connectivity index (χ1v) is 7.79. The van der Waals surface area contributed by atoms with Gasteiger partial charge in [0.15, 0.2) is 0 Å². The fourth-order valence-electron chi connectivity index (χ4n) is 2.53. The summed E-state index contributed by atoms with van der Waals surface area (Å²) in [5, 5.41) is 10.8. The van der Waals surface area contributed by atoms with E-state index in [0.29, 0.717) is 11.1 Å². The molecule has 0 unspecified atom stereocenters. The molecule has 0 aliphatic heterocycles. The number of nitrogens with one attached hydrogen (secondary N) is 1. The van der Waals surface area contributed by atoms with Gasteiger partial charge in [-0.15, -0.1) is 13.2 Å². The Morgan fingerprint density at radius 1 is 0.926 bits per heavy atom. The predicted octanol–water partition coefficient (Wildman–Crippen LogP) is 4.69. The highest BCUT2D eigenvalue weighted by atomic mass is 19.4. The second-order valence-electron chi connectivity index (χ2n) is 5.52. The van der Waals surface area contributed by atoms with Gasteiger partial charge in [0.25, 0.3) is 5.89 Å². The van der Waals surface area contributed by atoms with E-state index in [0.717, 1.165) is 11.3 Å². The Kier molecular flexibility index (Phi) is 4.11. The zero-order chi connectivity index (χ0) is 18.9. The van der Waals surface area contributed by atoms with E-state index < -0.39 is 6.36 Å². The molecule has 6 nitrogen and oxygen atoms in total. The number of ether oxygens (including phenoxy) is 1. The van der Waals surface area contributed by atoms with Crippen LogP contribution in [0.15, 0.2) is 65.3 Å². The molecule has 136 valence electrons. The van der Waals surface area contributed by atoms with Gasteiger partial charge in [0, 0.05) is 11.1 Å². The van der Waals surface area contributed by atoms with Gasteiger partial charge < -0.3 is 9.26 Å². The number of rotatable bonds is 4. The molecular formula is C18H11F3N4O2. The monoisotopic (exact) mass is 372 g/mol.